The van der Waals surface area contributed by atoms with Crippen molar-refractivity contribution < 1.29 is 28.6 Å². The van der Waals surface area contributed by atoms with Crippen molar-refractivity contribution in [2.45, 2.75) is 65.8 Å². The van der Waals surface area contributed by atoms with Crippen molar-refractivity contribution in [2.24, 2.45) is 0 Å². The van der Waals surface area contributed by atoms with Gasteiger partial charge in [-0.1, -0.05) is 26.8 Å². The first kappa shape index (κ1) is 25.3. The number of ether oxygens (including phenoxy) is 3. The Morgan fingerprint density at radius 3 is 2.44 bits per heavy atom. The Morgan fingerprint density at radius 2 is 1.76 bits per heavy atom. The molecule has 0 spiro atoms. The molecule has 1 atom stereocenters. The largest absolute Gasteiger partial charge is 0.454 e. The van der Waals surface area contributed by atoms with Crippen LogP contribution in [0.2, 0.25) is 0 Å². The van der Waals surface area contributed by atoms with E-state index in [1.807, 2.05) is 39.8 Å². The number of amides is 1. The fourth-order valence-corrected chi connectivity index (χ4v) is 4.35. The molecule has 0 fully saturated rings. The number of aryl methyl sites for hydroxylation is 2. The zero-order valence-electron chi connectivity index (χ0n) is 21.0. The standard InChI is InChI=1S/C27H33NO6/c1-8-24(30)34-22-12-16(2)11-17(3)25(22)27(5,6)14-23(29)28(7)18(4)26(31)19-9-10-20-21(13-19)33-15-32-20/h9-13,18H,8,14-15H2,1-7H3. The van der Waals surface area contributed by atoms with Crippen molar-refractivity contribution in [3.8, 4) is 17.2 Å². The molecule has 0 bridgehead atoms. The molecule has 0 radical (unpaired) electrons. The first-order valence-corrected chi connectivity index (χ1v) is 11.5. The van der Waals surface area contributed by atoms with E-state index < -0.39 is 11.5 Å². The number of carbonyl (C=O) groups excluding carboxylic acids is 3. The maximum Gasteiger partial charge on any atom is 0.310 e. The van der Waals surface area contributed by atoms with Crippen molar-refractivity contribution in [3.63, 3.8) is 0 Å². The Bertz CT molecular complexity index is 1120. The Hall–Kier alpha value is -3.35. The molecule has 1 aliphatic heterocycles. The molecule has 7 nitrogen and oxygen atoms in total. The van der Waals surface area contributed by atoms with Crippen LogP contribution in [0.1, 0.15) is 67.6 Å². The topological polar surface area (TPSA) is 82.1 Å². The van der Waals surface area contributed by atoms with E-state index in [-0.39, 0.29) is 37.3 Å². The number of rotatable bonds is 8. The molecule has 1 unspecified atom stereocenters. The van der Waals surface area contributed by atoms with E-state index >= 15 is 0 Å². The van der Waals surface area contributed by atoms with Crippen LogP contribution in [0.5, 0.6) is 17.2 Å². The van der Waals surface area contributed by atoms with Gasteiger partial charge in [-0.15, -0.1) is 0 Å². The zero-order chi connectivity index (χ0) is 25.2. The summed E-state index contributed by atoms with van der Waals surface area (Å²) in [6.07, 6.45) is 0.400. The molecule has 0 saturated heterocycles. The van der Waals surface area contributed by atoms with E-state index in [4.69, 9.17) is 14.2 Å². The average Bonchev–Trinajstić information content (AvgIpc) is 3.24. The van der Waals surface area contributed by atoms with Crippen molar-refractivity contribution in [2.75, 3.05) is 13.8 Å². The van der Waals surface area contributed by atoms with E-state index in [1.54, 1.807) is 39.1 Å². The third kappa shape index (κ3) is 5.24. The smallest absolute Gasteiger partial charge is 0.310 e. The molecule has 7 heteroatoms. The van der Waals surface area contributed by atoms with Crippen LogP contribution in [0.3, 0.4) is 0 Å². The van der Waals surface area contributed by atoms with Crippen molar-refractivity contribution >= 4 is 17.7 Å². The summed E-state index contributed by atoms with van der Waals surface area (Å²) >= 11 is 0. The van der Waals surface area contributed by atoms with E-state index in [2.05, 4.69) is 0 Å². The second-order valence-corrected chi connectivity index (χ2v) is 9.46. The van der Waals surface area contributed by atoms with Gasteiger partial charge in [-0.3, -0.25) is 14.4 Å². The fraction of sp³-hybridized carbons (Fsp3) is 0.444. The second-order valence-electron chi connectivity index (χ2n) is 9.46. The average molecular weight is 468 g/mol. The lowest BCUT2D eigenvalue weighted by atomic mass is 9.77. The summed E-state index contributed by atoms with van der Waals surface area (Å²) in [5.74, 6) is 0.915. The number of benzene rings is 2. The molecule has 182 valence electrons. The molecule has 2 aromatic carbocycles. The maximum absolute atomic E-state index is 13.3. The molecule has 0 aliphatic carbocycles. The molecule has 1 aliphatic rings. The number of nitrogens with zero attached hydrogens (tertiary/aromatic N) is 1. The van der Waals surface area contributed by atoms with Crippen LogP contribution >= 0.6 is 0 Å². The minimum atomic E-state index is -0.667. The van der Waals surface area contributed by atoms with E-state index in [0.29, 0.717) is 22.8 Å². The Kier molecular flexibility index (Phi) is 7.34. The monoisotopic (exact) mass is 467 g/mol. The molecule has 0 aromatic heterocycles. The summed E-state index contributed by atoms with van der Waals surface area (Å²) in [6, 6.07) is 8.21. The Balaban J connectivity index is 1.80. The maximum atomic E-state index is 13.3. The normalized spacial score (nSPS) is 13.4. The predicted molar refractivity (Wildman–Crippen MR) is 129 cm³/mol. The summed E-state index contributed by atoms with van der Waals surface area (Å²) in [5, 5.41) is 0. The van der Waals surface area contributed by atoms with Crippen LogP contribution < -0.4 is 14.2 Å². The fourth-order valence-electron chi connectivity index (χ4n) is 4.35. The second kappa shape index (κ2) is 9.87. The number of carbonyl (C=O) groups is 3. The first-order valence-electron chi connectivity index (χ1n) is 11.5. The van der Waals surface area contributed by atoms with E-state index in [9.17, 15) is 14.4 Å². The summed E-state index contributed by atoms with van der Waals surface area (Å²) in [7, 11) is 1.63. The number of fused-ring (bicyclic) bond motifs is 1. The number of hydrogen-bond donors (Lipinski definition) is 0. The number of likely N-dealkylation sites (N-methyl/N-ethyl adjacent to an activating group) is 1. The van der Waals surface area contributed by atoms with Gasteiger partial charge in [-0.2, -0.15) is 0 Å². The van der Waals surface area contributed by atoms with Gasteiger partial charge in [0.2, 0.25) is 12.7 Å². The highest BCUT2D eigenvalue weighted by molar-refractivity contribution is 6.02. The number of esters is 1. The van der Waals surface area contributed by atoms with Crippen LogP contribution in [0, 0.1) is 13.8 Å². The molecular weight excluding hydrogens is 434 g/mol. The number of ketones is 1. The third-order valence-corrected chi connectivity index (χ3v) is 6.24. The highest BCUT2D eigenvalue weighted by atomic mass is 16.7. The molecule has 3 rings (SSSR count). The molecule has 2 aromatic rings. The van der Waals surface area contributed by atoms with Crippen LogP contribution in [0.25, 0.3) is 0 Å². The number of hydrogen-bond acceptors (Lipinski definition) is 6. The van der Waals surface area contributed by atoms with Gasteiger partial charge in [0.15, 0.2) is 17.3 Å². The van der Waals surface area contributed by atoms with Gasteiger partial charge in [0, 0.05) is 36.4 Å². The Morgan fingerprint density at radius 1 is 1.09 bits per heavy atom. The van der Waals surface area contributed by atoms with Crippen molar-refractivity contribution in [1.29, 1.82) is 0 Å². The molecular formula is C27H33NO6. The van der Waals surface area contributed by atoms with Crippen LogP contribution in [-0.2, 0) is 15.0 Å². The summed E-state index contributed by atoms with van der Waals surface area (Å²) in [5.41, 5.74) is 2.56. The van der Waals surface area contributed by atoms with Gasteiger partial charge in [0.25, 0.3) is 0 Å². The van der Waals surface area contributed by atoms with E-state index in [0.717, 1.165) is 16.7 Å². The summed E-state index contributed by atoms with van der Waals surface area (Å²) in [4.78, 5) is 39.9. The lowest BCUT2D eigenvalue weighted by Gasteiger charge is -2.32. The van der Waals surface area contributed by atoms with Crippen molar-refractivity contribution in [1.82, 2.24) is 4.90 Å². The summed E-state index contributed by atoms with van der Waals surface area (Å²) < 4.78 is 16.3. The molecule has 0 saturated carbocycles. The van der Waals surface area contributed by atoms with Crippen LogP contribution in [0.15, 0.2) is 30.3 Å². The van der Waals surface area contributed by atoms with Gasteiger partial charge in [-0.05, 0) is 56.2 Å². The zero-order valence-corrected chi connectivity index (χ0v) is 21.0. The van der Waals surface area contributed by atoms with E-state index in [1.165, 1.54) is 4.90 Å². The van der Waals surface area contributed by atoms with Crippen molar-refractivity contribution in [3.05, 3.63) is 52.6 Å². The van der Waals surface area contributed by atoms with Crippen LogP contribution in [0.4, 0.5) is 0 Å². The van der Waals surface area contributed by atoms with Gasteiger partial charge in [0.05, 0.1) is 6.04 Å². The number of Topliss-reactive ketones (excluding diaryl/α,β-unsaturated/α-hetero) is 1. The molecule has 1 heterocycles. The van der Waals surface area contributed by atoms with Crippen LogP contribution in [-0.4, -0.2) is 42.4 Å². The van der Waals surface area contributed by atoms with Gasteiger partial charge >= 0.3 is 5.97 Å². The Labute approximate surface area is 201 Å². The quantitative estimate of drug-likeness (QED) is 0.317. The lowest BCUT2D eigenvalue weighted by molar-refractivity contribution is -0.134. The predicted octanol–water partition coefficient (Wildman–Crippen LogP) is 4.75. The molecule has 34 heavy (non-hydrogen) atoms. The van der Waals surface area contributed by atoms with Gasteiger partial charge < -0.3 is 19.1 Å². The van der Waals surface area contributed by atoms with Gasteiger partial charge in [0.1, 0.15) is 5.75 Å². The highest BCUT2D eigenvalue weighted by Crippen LogP contribution is 2.39. The molecule has 1 amide bonds. The third-order valence-electron chi connectivity index (χ3n) is 6.24. The summed E-state index contributed by atoms with van der Waals surface area (Å²) in [6.45, 7) is 11.4. The SMILES string of the molecule is CCC(=O)Oc1cc(C)cc(C)c1C(C)(C)CC(=O)N(C)C(C)C(=O)c1ccc2c(c1)OCO2. The first-order chi connectivity index (χ1) is 15.9. The minimum absolute atomic E-state index is 0.129. The molecule has 0 N–H and O–H groups in total. The van der Waals surface area contributed by atoms with Gasteiger partial charge in [-0.25, -0.2) is 0 Å². The minimum Gasteiger partial charge on any atom is -0.454 e. The lowest BCUT2D eigenvalue weighted by Crippen LogP contribution is -2.42. The highest BCUT2D eigenvalue weighted by Gasteiger charge is 2.33.